The van der Waals surface area contributed by atoms with Crippen LogP contribution in [0.25, 0.3) is 0 Å². The lowest BCUT2D eigenvalue weighted by Gasteiger charge is -2.06. The summed E-state index contributed by atoms with van der Waals surface area (Å²) in [4.78, 5) is 28.0. The molecular weight excluding hydrogens is 298 g/mol. The summed E-state index contributed by atoms with van der Waals surface area (Å²) in [5, 5.41) is 6.68. The third kappa shape index (κ3) is 3.14. The molecule has 0 aliphatic rings. The minimum Gasteiger partial charge on any atom is -0.465 e. The van der Waals surface area contributed by atoms with Crippen LogP contribution in [0, 0.1) is 6.92 Å². The summed E-state index contributed by atoms with van der Waals surface area (Å²) in [6.07, 6.45) is 0.115. The van der Waals surface area contributed by atoms with Gasteiger partial charge < -0.3 is 15.8 Å². The SMILES string of the molecule is COC(=O)c1scc(C)c1NC(=O)Cc1csc(N)n1. The van der Waals surface area contributed by atoms with Gasteiger partial charge in [0, 0.05) is 5.38 Å². The predicted octanol–water partition coefficient (Wildman–Crippen LogP) is 2.06. The quantitative estimate of drug-likeness (QED) is 0.843. The van der Waals surface area contributed by atoms with Gasteiger partial charge in [-0.25, -0.2) is 9.78 Å². The highest BCUT2D eigenvalue weighted by molar-refractivity contribution is 7.13. The molecule has 0 bridgehead atoms. The average molecular weight is 311 g/mol. The van der Waals surface area contributed by atoms with E-state index in [9.17, 15) is 9.59 Å². The highest BCUT2D eigenvalue weighted by Gasteiger charge is 2.19. The van der Waals surface area contributed by atoms with Crippen molar-refractivity contribution >= 4 is 45.4 Å². The van der Waals surface area contributed by atoms with Crippen molar-refractivity contribution in [2.45, 2.75) is 13.3 Å². The monoisotopic (exact) mass is 311 g/mol. The summed E-state index contributed by atoms with van der Waals surface area (Å²) in [7, 11) is 1.31. The van der Waals surface area contributed by atoms with E-state index in [0.29, 0.717) is 21.4 Å². The number of hydrogen-bond donors (Lipinski definition) is 2. The number of methoxy groups -OCH3 is 1. The lowest BCUT2D eigenvalue weighted by molar-refractivity contribution is -0.115. The van der Waals surface area contributed by atoms with Crippen LogP contribution in [0.2, 0.25) is 0 Å². The van der Waals surface area contributed by atoms with Crippen LogP contribution in [0.3, 0.4) is 0 Å². The number of thiophene rings is 1. The maximum Gasteiger partial charge on any atom is 0.350 e. The number of carbonyl (C=O) groups excluding carboxylic acids is 2. The Bertz CT molecular complexity index is 648. The Labute approximate surface area is 123 Å². The second-order valence-corrected chi connectivity index (χ2v) is 5.79. The molecular formula is C12H13N3O3S2. The number of ether oxygens (including phenoxy) is 1. The summed E-state index contributed by atoms with van der Waals surface area (Å²) in [6, 6.07) is 0. The van der Waals surface area contributed by atoms with E-state index in [4.69, 9.17) is 5.73 Å². The fraction of sp³-hybridized carbons (Fsp3) is 0.250. The molecule has 0 aliphatic carbocycles. The van der Waals surface area contributed by atoms with E-state index >= 15 is 0 Å². The van der Waals surface area contributed by atoms with E-state index in [1.807, 2.05) is 6.92 Å². The van der Waals surface area contributed by atoms with Crippen LogP contribution >= 0.6 is 22.7 Å². The van der Waals surface area contributed by atoms with Crippen LogP contribution in [-0.2, 0) is 16.0 Å². The van der Waals surface area contributed by atoms with Gasteiger partial charge in [0.25, 0.3) is 0 Å². The van der Waals surface area contributed by atoms with Gasteiger partial charge in [0.2, 0.25) is 5.91 Å². The first-order valence-electron chi connectivity index (χ1n) is 5.67. The summed E-state index contributed by atoms with van der Waals surface area (Å²) >= 11 is 2.52. The van der Waals surface area contributed by atoms with Crippen molar-refractivity contribution in [3.8, 4) is 0 Å². The Morgan fingerprint density at radius 2 is 2.15 bits per heavy atom. The number of aromatic nitrogens is 1. The van der Waals surface area contributed by atoms with Crippen LogP contribution in [0.4, 0.5) is 10.8 Å². The fourth-order valence-corrected chi connectivity index (χ4v) is 3.08. The molecule has 0 aromatic carbocycles. The van der Waals surface area contributed by atoms with Crippen LogP contribution < -0.4 is 11.1 Å². The molecule has 106 valence electrons. The van der Waals surface area contributed by atoms with Gasteiger partial charge in [0.05, 0.1) is 24.9 Å². The van der Waals surface area contributed by atoms with E-state index in [1.165, 1.54) is 29.8 Å². The van der Waals surface area contributed by atoms with Gasteiger partial charge in [-0.2, -0.15) is 0 Å². The van der Waals surface area contributed by atoms with Crippen molar-refractivity contribution in [2.24, 2.45) is 0 Å². The summed E-state index contributed by atoms with van der Waals surface area (Å²) in [5.41, 5.74) is 7.44. The molecule has 2 aromatic rings. The van der Waals surface area contributed by atoms with Gasteiger partial charge in [0.15, 0.2) is 5.13 Å². The Kier molecular flexibility index (Phi) is 4.35. The maximum atomic E-state index is 12.0. The number of nitrogens with one attached hydrogen (secondary N) is 1. The number of nitrogen functional groups attached to an aromatic ring is 1. The number of anilines is 2. The van der Waals surface area contributed by atoms with E-state index in [2.05, 4.69) is 15.0 Å². The van der Waals surface area contributed by atoms with Gasteiger partial charge in [-0.15, -0.1) is 22.7 Å². The van der Waals surface area contributed by atoms with E-state index < -0.39 is 5.97 Å². The molecule has 2 aromatic heterocycles. The van der Waals surface area contributed by atoms with E-state index in [1.54, 1.807) is 10.8 Å². The zero-order valence-corrected chi connectivity index (χ0v) is 12.6. The molecule has 8 heteroatoms. The number of nitrogens with zero attached hydrogens (tertiary/aromatic N) is 1. The molecule has 0 spiro atoms. The number of thiazole rings is 1. The van der Waals surface area contributed by atoms with Crippen LogP contribution in [0.15, 0.2) is 10.8 Å². The van der Waals surface area contributed by atoms with Gasteiger partial charge in [0.1, 0.15) is 4.88 Å². The van der Waals surface area contributed by atoms with Crippen LogP contribution in [0.5, 0.6) is 0 Å². The molecule has 0 saturated heterocycles. The standard InChI is InChI=1S/C12H13N3O3S2/c1-6-4-19-10(11(17)18-2)9(6)15-8(16)3-7-5-20-12(13)14-7/h4-5H,3H2,1-2H3,(H2,13,14)(H,15,16). The molecule has 0 saturated carbocycles. The molecule has 0 atom stereocenters. The smallest absolute Gasteiger partial charge is 0.350 e. The van der Waals surface area contributed by atoms with Crippen LogP contribution in [0.1, 0.15) is 20.9 Å². The molecule has 2 rings (SSSR count). The normalized spacial score (nSPS) is 10.3. The van der Waals surface area contributed by atoms with E-state index in [0.717, 1.165) is 5.56 Å². The second-order valence-electron chi connectivity index (χ2n) is 4.02. The lowest BCUT2D eigenvalue weighted by Crippen LogP contribution is -2.17. The predicted molar refractivity (Wildman–Crippen MR) is 79.3 cm³/mol. The third-order valence-electron chi connectivity index (χ3n) is 2.52. The fourth-order valence-electron chi connectivity index (χ4n) is 1.59. The molecule has 1 amide bonds. The molecule has 20 heavy (non-hydrogen) atoms. The summed E-state index contributed by atoms with van der Waals surface area (Å²) in [5.74, 6) is -0.710. The summed E-state index contributed by atoms with van der Waals surface area (Å²) in [6.45, 7) is 1.82. The number of rotatable bonds is 4. The molecule has 6 nitrogen and oxygen atoms in total. The van der Waals surface area contributed by atoms with Gasteiger partial charge in [-0.3, -0.25) is 4.79 Å². The van der Waals surface area contributed by atoms with Crippen molar-refractivity contribution in [1.29, 1.82) is 0 Å². The zero-order valence-electron chi connectivity index (χ0n) is 10.9. The van der Waals surface area contributed by atoms with Crippen LogP contribution in [-0.4, -0.2) is 24.0 Å². The highest BCUT2D eigenvalue weighted by atomic mass is 32.1. The minimum atomic E-state index is -0.462. The molecule has 0 fully saturated rings. The van der Waals surface area contributed by atoms with Gasteiger partial charge >= 0.3 is 5.97 Å². The molecule has 0 aliphatic heterocycles. The molecule has 0 radical (unpaired) electrons. The number of nitrogens with two attached hydrogens (primary N) is 1. The maximum absolute atomic E-state index is 12.0. The first kappa shape index (κ1) is 14.5. The summed E-state index contributed by atoms with van der Waals surface area (Å²) < 4.78 is 4.69. The highest BCUT2D eigenvalue weighted by Crippen LogP contribution is 2.28. The molecule has 3 N–H and O–H groups in total. The third-order valence-corrected chi connectivity index (χ3v) is 4.32. The molecule has 0 unspecified atom stereocenters. The number of carbonyl (C=O) groups is 2. The van der Waals surface area contributed by atoms with Crippen molar-refractivity contribution in [1.82, 2.24) is 4.98 Å². The Hall–Kier alpha value is -1.93. The van der Waals surface area contributed by atoms with Crippen molar-refractivity contribution in [2.75, 3.05) is 18.2 Å². The number of esters is 1. The Morgan fingerprint density at radius 1 is 1.40 bits per heavy atom. The number of hydrogen-bond acceptors (Lipinski definition) is 7. The average Bonchev–Trinajstić information content (AvgIpc) is 2.96. The topological polar surface area (TPSA) is 94.3 Å². The first-order chi connectivity index (χ1) is 9.51. The largest absolute Gasteiger partial charge is 0.465 e. The van der Waals surface area contributed by atoms with Crippen molar-refractivity contribution in [3.63, 3.8) is 0 Å². The zero-order chi connectivity index (χ0) is 14.7. The Morgan fingerprint density at radius 3 is 2.75 bits per heavy atom. The number of amides is 1. The van der Waals surface area contributed by atoms with Gasteiger partial charge in [-0.05, 0) is 17.9 Å². The number of aryl methyl sites for hydroxylation is 1. The first-order valence-corrected chi connectivity index (χ1v) is 7.43. The van der Waals surface area contributed by atoms with Crippen molar-refractivity contribution in [3.05, 3.63) is 26.9 Å². The minimum absolute atomic E-state index is 0.115. The lowest BCUT2D eigenvalue weighted by atomic mass is 10.2. The Balaban J connectivity index is 2.11. The van der Waals surface area contributed by atoms with Crippen molar-refractivity contribution < 1.29 is 14.3 Å². The second kappa shape index (κ2) is 6.02. The van der Waals surface area contributed by atoms with E-state index in [-0.39, 0.29) is 12.3 Å². The molecule has 2 heterocycles. The van der Waals surface area contributed by atoms with Gasteiger partial charge in [-0.1, -0.05) is 0 Å².